The fraction of sp³-hybridized carbons (Fsp3) is 0.263. The van der Waals surface area contributed by atoms with Gasteiger partial charge in [-0.05, 0) is 37.3 Å². The highest BCUT2D eigenvalue weighted by Gasteiger charge is 2.24. The fourth-order valence-electron chi connectivity index (χ4n) is 3.08. The van der Waals surface area contributed by atoms with Crippen LogP contribution in [0.1, 0.15) is 15.9 Å². The van der Waals surface area contributed by atoms with Crippen LogP contribution in [-0.4, -0.2) is 42.0 Å². The third-order valence-corrected chi connectivity index (χ3v) is 6.01. The standard InChI is InChI=1S/C19H18BrN3OS/c1-13-3-2-4-14(11-13)18(24)22-7-9-23(10-8-22)19-21-16-6-5-15(20)12-17(16)25-19/h2-6,11-12H,7-10H2,1H3. The van der Waals surface area contributed by atoms with Crippen LogP contribution in [0.5, 0.6) is 0 Å². The van der Waals surface area contributed by atoms with Gasteiger partial charge in [0.2, 0.25) is 0 Å². The number of hydrogen-bond acceptors (Lipinski definition) is 4. The van der Waals surface area contributed by atoms with Crippen molar-refractivity contribution in [3.63, 3.8) is 0 Å². The number of carbonyl (C=O) groups excluding carboxylic acids is 1. The van der Waals surface area contributed by atoms with E-state index in [9.17, 15) is 4.79 Å². The molecular weight excluding hydrogens is 398 g/mol. The monoisotopic (exact) mass is 415 g/mol. The summed E-state index contributed by atoms with van der Waals surface area (Å²) < 4.78 is 2.26. The molecule has 0 unspecified atom stereocenters. The maximum Gasteiger partial charge on any atom is 0.253 e. The Morgan fingerprint density at radius 2 is 1.92 bits per heavy atom. The van der Waals surface area contributed by atoms with Gasteiger partial charge in [0.15, 0.2) is 5.13 Å². The van der Waals surface area contributed by atoms with Gasteiger partial charge >= 0.3 is 0 Å². The third kappa shape index (κ3) is 3.41. The van der Waals surface area contributed by atoms with Crippen LogP contribution in [0.3, 0.4) is 0 Å². The second kappa shape index (κ2) is 6.77. The molecule has 6 heteroatoms. The zero-order valence-electron chi connectivity index (χ0n) is 13.9. The Bertz CT molecular complexity index is 931. The first-order chi connectivity index (χ1) is 12.1. The Balaban J connectivity index is 1.46. The summed E-state index contributed by atoms with van der Waals surface area (Å²) in [7, 11) is 0. The quantitative estimate of drug-likeness (QED) is 0.624. The topological polar surface area (TPSA) is 36.4 Å². The largest absolute Gasteiger partial charge is 0.345 e. The van der Waals surface area contributed by atoms with Gasteiger partial charge in [-0.15, -0.1) is 0 Å². The fourth-order valence-corrected chi connectivity index (χ4v) is 4.65. The number of piperazine rings is 1. The molecule has 0 spiro atoms. The Hall–Kier alpha value is -1.92. The molecule has 1 amide bonds. The van der Waals surface area contributed by atoms with Gasteiger partial charge in [-0.3, -0.25) is 4.79 Å². The van der Waals surface area contributed by atoms with Gasteiger partial charge in [0.25, 0.3) is 5.91 Å². The molecule has 3 aromatic rings. The van der Waals surface area contributed by atoms with Crippen LogP contribution in [0.25, 0.3) is 10.2 Å². The molecule has 2 aromatic carbocycles. The normalized spacial score (nSPS) is 15.0. The van der Waals surface area contributed by atoms with E-state index in [0.29, 0.717) is 0 Å². The summed E-state index contributed by atoms with van der Waals surface area (Å²) in [5.74, 6) is 0.122. The number of aromatic nitrogens is 1. The number of rotatable bonds is 2. The predicted molar refractivity (Wildman–Crippen MR) is 107 cm³/mol. The summed E-state index contributed by atoms with van der Waals surface area (Å²) in [6, 6.07) is 14.0. The van der Waals surface area contributed by atoms with Crippen molar-refractivity contribution < 1.29 is 4.79 Å². The molecular formula is C19H18BrN3OS. The molecule has 0 N–H and O–H groups in total. The van der Waals surface area contributed by atoms with Gasteiger partial charge in [-0.25, -0.2) is 4.98 Å². The van der Waals surface area contributed by atoms with E-state index in [1.54, 1.807) is 11.3 Å². The number of thiazole rings is 1. The molecule has 0 aliphatic carbocycles. The van der Waals surface area contributed by atoms with Crippen molar-refractivity contribution in [2.75, 3.05) is 31.1 Å². The van der Waals surface area contributed by atoms with Crippen LogP contribution in [0.2, 0.25) is 0 Å². The maximum atomic E-state index is 12.7. The van der Waals surface area contributed by atoms with Crippen molar-refractivity contribution in [3.8, 4) is 0 Å². The number of benzene rings is 2. The highest BCUT2D eigenvalue weighted by Crippen LogP contribution is 2.31. The maximum absolute atomic E-state index is 12.7. The molecule has 0 radical (unpaired) electrons. The van der Waals surface area contributed by atoms with Crippen LogP contribution >= 0.6 is 27.3 Å². The summed E-state index contributed by atoms with van der Waals surface area (Å²) in [6.07, 6.45) is 0. The van der Waals surface area contributed by atoms with Gasteiger partial charge in [0, 0.05) is 36.2 Å². The molecule has 1 fully saturated rings. The lowest BCUT2D eigenvalue weighted by molar-refractivity contribution is 0.0746. The molecule has 128 valence electrons. The minimum absolute atomic E-state index is 0.122. The van der Waals surface area contributed by atoms with Gasteiger partial charge in [-0.2, -0.15) is 0 Å². The van der Waals surface area contributed by atoms with E-state index in [0.717, 1.165) is 52.4 Å². The first kappa shape index (κ1) is 16.5. The molecule has 4 nitrogen and oxygen atoms in total. The van der Waals surface area contributed by atoms with Crippen molar-refractivity contribution in [3.05, 3.63) is 58.1 Å². The van der Waals surface area contributed by atoms with E-state index >= 15 is 0 Å². The number of aryl methyl sites for hydroxylation is 1. The van der Waals surface area contributed by atoms with Crippen LogP contribution in [0, 0.1) is 6.92 Å². The van der Waals surface area contributed by atoms with Crippen molar-refractivity contribution in [1.29, 1.82) is 0 Å². The van der Waals surface area contributed by atoms with E-state index < -0.39 is 0 Å². The van der Waals surface area contributed by atoms with E-state index in [1.807, 2.05) is 48.2 Å². The molecule has 1 aromatic heterocycles. The van der Waals surface area contributed by atoms with Crippen molar-refractivity contribution in [2.45, 2.75) is 6.92 Å². The average molecular weight is 416 g/mol. The lowest BCUT2D eigenvalue weighted by atomic mass is 10.1. The lowest BCUT2D eigenvalue weighted by Gasteiger charge is -2.34. The molecule has 1 aliphatic rings. The summed E-state index contributed by atoms with van der Waals surface area (Å²) in [4.78, 5) is 21.6. The first-order valence-corrected chi connectivity index (χ1v) is 9.88. The number of hydrogen-bond donors (Lipinski definition) is 0. The Morgan fingerprint density at radius 3 is 2.68 bits per heavy atom. The number of halogens is 1. The average Bonchev–Trinajstić information content (AvgIpc) is 3.04. The summed E-state index contributed by atoms with van der Waals surface area (Å²) in [5, 5.41) is 1.04. The van der Waals surface area contributed by atoms with E-state index in [1.165, 1.54) is 4.70 Å². The number of fused-ring (bicyclic) bond motifs is 1. The molecule has 0 saturated carbocycles. The predicted octanol–water partition coefficient (Wildman–Crippen LogP) is 4.33. The van der Waals surface area contributed by atoms with Crippen LogP contribution < -0.4 is 4.90 Å². The number of amides is 1. The minimum Gasteiger partial charge on any atom is -0.345 e. The molecule has 1 aliphatic heterocycles. The summed E-state index contributed by atoms with van der Waals surface area (Å²) in [6.45, 7) is 5.11. The van der Waals surface area contributed by atoms with E-state index in [4.69, 9.17) is 4.98 Å². The molecule has 0 atom stereocenters. The Labute approximate surface area is 159 Å². The number of nitrogens with zero attached hydrogens (tertiary/aromatic N) is 3. The SMILES string of the molecule is Cc1cccc(C(=O)N2CCN(c3nc4ccc(Br)cc4s3)CC2)c1. The Kier molecular flexibility index (Phi) is 4.48. The molecule has 1 saturated heterocycles. The van der Waals surface area contributed by atoms with Crippen molar-refractivity contribution in [1.82, 2.24) is 9.88 Å². The highest BCUT2D eigenvalue weighted by atomic mass is 79.9. The highest BCUT2D eigenvalue weighted by molar-refractivity contribution is 9.10. The molecule has 4 rings (SSSR count). The van der Waals surface area contributed by atoms with Gasteiger partial charge in [0.1, 0.15) is 0 Å². The minimum atomic E-state index is 0.122. The zero-order chi connectivity index (χ0) is 17.4. The van der Waals surface area contributed by atoms with Crippen molar-refractivity contribution >= 4 is 48.5 Å². The van der Waals surface area contributed by atoms with Crippen LogP contribution in [-0.2, 0) is 0 Å². The molecule has 25 heavy (non-hydrogen) atoms. The summed E-state index contributed by atoms with van der Waals surface area (Å²) >= 11 is 5.22. The molecule has 2 heterocycles. The third-order valence-electron chi connectivity index (χ3n) is 4.44. The van der Waals surface area contributed by atoms with Gasteiger partial charge in [0.05, 0.1) is 10.2 Å². The summed E-state index contributed by atoms with van der Waals surface area (Å²) in [5.41, 5.74) is 2.92. The number of carbonyl (C=O) groups is 1. The second-order valence-electron chi connectivity index (χ2n) is 6.26. The second-order valence-corrected chi connectivity index (χ2v) is 8.18. The van der Waals surface area contributed by atoms with Gasteiger partial charge < -0.3 is 9.80 Å². The number of anilines is 1. The lowest BCUT2D eigenvalue weighted by Crippen LogP contribution is -2.48. The van der Waals surface area contributed by atoms with E-state index in [-0.39, 0.29) is 5.91 Å². The molecule has 0 bridgehead atoms. The van der Waals surface area contributed by atoms with Crippen molar-refractivity contribution in [2.24, 2.45) is 0 Å². The first-order valence-electron chi connectivity index (χ1n) is 8.27. The Morgan fingerprint density at radius 1 is 1.12 bits per heavy atom. The zero-order valence-corrected chi connectivity index (χ0v) is 16.3. The van der Waals surface area contributed by atoms with Crippen LogP contribution in [0.4, 0.5) is 5.13 Å². The van der Waals surface area contributed by atoms with E-state index in [2.05, 4.69) is 26.9 Å². The smallest absolute Gasteiger partial charge is 0.253 e. The van der Waals surface area contributed by atoms with Gasteiger partial charge in [-0.1, -0.05) is 45.0 Å². The van der Waals surface area contributed by atoms with Crippen LogP contribution in [0.15, 0.2) is 46.9 Å².